The smallest absolute Gasteiger partial charge is 0.248 e. The van der Waals surface area contributed by atoms with Crippen LogP contribution < -0.4 is 16.2 Å². The van der Waals surface area contributed by atoms with Crippen molar-refractivity contribution in [1.29, 1.82) is 0 Å². The largest absolute Gasteiger partial charge is 0.495 e. The lowest BCUT2D eigenvalue weighted by Crippen LogP contribution is -2.10. The molecule has 0 spiro atoms. The summed E-state index contributed by atoms with van der Waals surface area (Å²) in [6.07, 6.45) is 4.81. The Kier molecular flexibility index (Phi) is 4.12. The van der Waals surface area contributed by atoms with Crippen LogP contribution >= 0.6 is 0 Å². The molecule has 134 valence electrons. The molecule has 1 heterocycles. The molecule has 0 radical (unpaired) electrons. The maximum absolute atomic E-state index is 11.3. The fourth-order valence-electron chi connectivity index (χ4n) is 3.33. The first-order valence-electron chi connectivity index (χ1n) is 8.60. The van der Waals surface area contributed by atoms with Crippen molar-refractivity contribution in [2.75, 3.05) is 12.8 Å². The minimum absolute atomic E-state index is 0.427. The van der Waals surface area contributed by atoms with E-state index in [-0.39, 0.29) is 0 Å². The van der Waals surface area contributed by atoms with E-state index in [1.807, 2.05) is 36.5 Å². The first-order valence-corrected chi connectivity index (χ1v) is 8.60. The van der Waals surface area contributed by atoms with Gasteiger partial charge in [-0.25, -0.2) is 0 Å². The number of amides is 1. The lowest BCUT2D eigenvalue weighted by molar-refractivity contribution is 0.100. The molecule has 0 unspecified atom stereocenters. The number of hydrogen-bond acceptors (Lipinski definition) is 4. The number of nitrogens with zero attached hydrogens (tertiary/aromatic N) is 1. The van der Waals surface area contributed by atoms with Gasteiger partial charge < -0.3 is 16.2 Å². The maximum Gasteiger partial charge on any atom is 0.248 e. The SMILES string of the molecule is COc1cc(-c2cnc3c(c2)C(c2ccc(C(N)=O)cc2)=CC3)ccc1N. The second-order valence-corrected chi connectivity index (χ2v) is 6.44. The number of aromatic nitrogens is 1. The van der Waals surface area contributed by atoms with Crippen LogP contribution in [0.15, 0.2) is 60.8 Å². The van der Waals surface area contributed by atoms with Crippen molar-refractivity contribution in [3.05, 3.63) is 83.2 Å². The van der Waals surface area contributed by atoms with Crippen molar-refractivity contribution in [1.82, 2.24) is 4.98 Å². The number of hydrogen-bond donors (Lipinski definition) is 2. The van der Waals surface area contributed by atoms with Gasteiger partial charge in [-0.3, -0.25) is 9.78 Å². The standard InChI is InChI=1S/C22H19N3O2/c1-27-21-11-15(6-8-19(21)23)16-10-18-17(7-9-20(18)25-12-16)13-2-4-14(5-3-13)22(24)26/h2-8,10-12H,9,23H2,1H3,(H2,24,26). The fraction of sp³-hybridized carbons (Fsp3) is 0.0909. The predicted octanol–water partition coefficient (Wildman–Crippen LogP) is 3.43. The third-order valence-electron chi connectivity index (χ3n) is 4.81. The van der Waals surface area contributed by atoms with Crippen LogP contribution in [0.25, 0.3) is 16.7 Å². The number of fused-ring (bicyclic) bond motifs is 1. The zero-order valence-corrected chi connectivity index (χ0v) is 14.9. The van der Waals surface area contributed by atoms with Crippen molar-refractivity contribution < 1.29 is 9.53 Å². The van der Waals surface area contributed by atoms with Gasteiger partial charge in [0.15, 0.2) is 0 Å². The molecule has 3 aromatic rings. The Morgan fingerprint density at radius 3 is 2.48 bits per heavy atom. The third-order valence-corrected chi connectivity index (χ3v) is 4.81. The van der Waals surface area contributed by atoms with E-state index < -0.39 is 5.91 Å². The number of benzene rings is 2. The Balaban J connectivity index is 1.73. The minimum Gasteiger partial charge on any atom is -0.495 e. The molecule has 1 aromatic heterocycles. The zero-order chi connectivity index (χ0) is 19.0. The van der Waals surface area contributed by atoms with E-state index in [9.17, 15) is 4.79 Å². The van der Waals surface area contributed by atoms with Gasteiger partial charge in [0.25, 0.3) is 0 Å². The number of nitrogens with two attached hydrogens (primary N) is 2. The Morgan fingerprint density at radius 1 is 1.04 bits per heavy atom. The number of carbonyl (C=O) groups excluding carboxylic acids is 1. The van der Waals surface area contributed by atoms with Crippen molar-refractivity contribution in [2.24, 2.45) is 5.73 Å². The molecule has 27 heavy (non-hydrogen) atoms. The van der Waals surface area contributed by atoms with E-state index in [0.29, 0.717) is 17.0 Å². The lowest BCUT2D eigenvalue weighted by atomic mass is 9.97. The molecule has 0 atom stereocenters. The summed E-state index contributed by atoms with van der Waals surface area (Å²) in [5.41, 5.74) is 18.6. The van der Waals surface area contributed by atoms with Crippen molar-refractivity contribution in [3.63, 3.8) is 0 Å². The summed E-state index contributed by atoms with van der Waals surface area (Å²) in [5.74, 6) is 0.217. The molecule has 4 N–H and O–H groups in total. The molecule has 1 aliphatic carbocycles. The molecule has 0 saturated carbocycles. The summed E-state index contributed by atoms with van der Waals surface area (Å²) in [5, 5.41) is 0. The number of methoxy groups -OCH3 is 1. The van der Waals surface area contributed by atoms with Gasteiger partial charge in [0.1, 0.15) is 5.75 Å². The van der Waals surface area contributed by atoms with Crippen molar-refractivity contribution in [3.8, 4) is 16.9 Å². The van der Waals surface area contributed by atoms with Crippen LogP contribution in [0.1, 0.15) is 27.2 Å². The fourth-order valence-corrected chi connectivity index (χ4v) is 3.33. The average molecular weight is 357 g/mol. The van der Waals surface area contributed by atoms with Crippen LogP contribution in [0.3, 0.4) is 0 Å². The Morgan fingerprint density at radius 2 is 1.78 bits per heavy atom. The summed E-state index contributed by atoms with van der Waals surface area (Å²) in [6.45, 7) is 0. The van der Waals surface area contributed by atoms with Crippen LogP contribution in [0, 0.1) is 0 Å². The molecule has 1 amide bonds. The molecule has 0 saturated heterocycles. The first-order chi connectivity index (χ1) is 13.1. The van der Waals surface area contributed by atoms with Gasteiger partial charge in [0.2, 0.25) is 5.91 Å². The maximum atomic E-state index is 11.3. The molecule has 5 nitrogen and oxygen atoms in total. The number of carbonyl (C=O) groups is 1. The Labute approximate surface area is 157 Å². The monoisotopic (exact) mass is 357 g/mol. The first kappa shape index (κ1) is 16.8. The highest BCUT2D eigenvalue weighted by Gasteiger charge is 2.18. The highest BCUT2D eigenvalue weighted by Crippen LogP contribution is 2.35. The van der Waals surface area contributed by atoms with Gasteiger partial charge in [-0.1, -0.05) is 24.3 Å². The number of nitrogen functional groups attached to an aromatic ring is 1. The lowest BCUT2D eigenvalue weighted by Gasteiger charge is -2.11. The second-order valence-electron chi connectivity index (χ2n) is 6.44. The minimum atomic E-state index is -0.427. The predicted molar refractivity (Wildman–Crippen MR) is 106 cm³/mol. The third kappa shape index (κ3) is 3.04. The van der Waals surface area contributed by atoms with Gasteiger partial charge >= 0.3 is 0 Å². The molecule has 0 aliphatic heterocycles. The van der Waals surface area contributed by atoms with Gasteiger partial charge in [0, 0.05) is 29.3 Å². The van der Waals surface area contributed by atoms with E-state index in [1.165, 1.54) is 0 Å². The van der Waals surface area contributed by atoms with Gasteiger partial charge in [-0.2, -0.15) is 0 Å². The van der Waals surface area contributed by atoms with Crippen LogP contribution in [-0.2, 0) is 6.42 Å². The van der Waals surface area contributed by atoms with E-state index >= 15 is 0 Å². The molecular weight excluding hydrogens is 338 g/mol. The van der Waals surface area contributed by atoms with Crippen molar-refractivity contribution >= 4 is 17.2 Å². The molecule has 0 bridgehead atoms. The molecule has 5 heteroatoms. The number of anilines is 1. The van der Waals surface area contributed by atoms with Crippen molar-refractivity contribution in [2.45, 2.75) is 6.42 Å². The number of allylic oxidation sites excluding steroid dienone is 1. The topological polar surface area (TPSA) is 91.2 Å². The highest BCUT2D eigenvalue weighted by atomic mass is 16.5. The number of primary amides is 1. The zero-order valence-electron chi connectivity index (χ0n) is 14.9. The Bertz CT molecular complexity index is 1070. The summed E-state index contributed by atoms with van der Waals surface area (Å²) in [7, 11) is 1.60. The van der Waals surface area contributed by atoms with Crippen LogP contribution in [0.4, 0.5) is 5.69 Å². The summed E-state index contributed by atoms with van der Waals surface area (Å²) >= 11 is 0. The molecule has 0 fully saturated rings. The van der Waals surface area contributed by atoms with E-state index in [1.54, 1.807) is 19.2 Å². The number of pyridine rings is 1. The molecule has 1 aliphatic rings. The average Bonchev–Trinajstić information content (AvgIpc) is 3.11. The van der Waals surface area contributed by atoms with E-state index in [0.717, 1.165) is 39.9 Å². The summed E-state index contributed by atoms with van der Waals surface area (Å²) in [4.78, 5) is 15.9. The summed E-state index contributed by atoms with van der Waals surface area (Å²) < 4.78 is 5.33. The second kappa shape index (κ2) is 6.61. The molecular formula is C22H19N3O2. The van der Waals surface area contributed by atoms with Gasteiger partial charge in [-0.15, -0.1) is 0 Å². The van der Waals surface area contributed by atoms with E-state index in [2.05, 4.69) is 17.1 Å². The van der Waals surface area contributed by atoms with E-state index in [4.69, 9.17) is 16.2 Å². The normalized spacial score (nSPS) is 12.4. The van der Waals surface area contributed by atoms with Crippen LogP contribution in [0.2, 0.25) is 0 Å². The van der Waals surface area contributed by atoms with Crippen LogP contribution in [-0.4, -0.2) is 18.0 Å². The number of rotatable bonds is 4. The molecule has 2 aromatic carbocycles. The van der Waals surface area contributed by atoms with Crippen LogP contribution in [0.5, 0.6) is 5.75 Å². The van der Waals surface area contributed by atoms with Gasteiger partial charge in [-0.05, 0) is 47.0 Å². The quantitative estimate of drug-likeness (QED) is 0.700. The Hall–Kier alpha value is -3.60. The van der Waals surface area contributed by atoms with Gasteiger partial charge in [0.05, 0.1) is 18.5 Å². The molecule has 4 rings (SSSR count). The summed E-state index contributed by atoms with van der Waals surface area (Å²) in [6, 6.07) is 15.2. The highest BCUT2D eigenvalue weighted by molar-refractivity contribution is 5.94. The number of ether oxygens (including phenoxy) is 1.